The van der Waals surface area contributed by atoms with Gasteiger partial charge in [0.25, 0.3) is 5.88 Å². The van der Waals surface area contributed by atoms with E-state index in [1.807, 2.05) is 0 Å². The van der Waals surface area contributed by atoms with Crippen molar-refractivity contribution in [3.8, 4) is 5.88 Å². The molecule has 1 heterocycles. The second-order valence-electron chi connectivity index (χ2n) is 1.94. The number of hydrogen-bond donors (Lipinski definition) is 0. The molecular weight excluding hydrogens is 235 g/mol. The van der Waals surface area contributed by atoms with E-state index in [-0.39, 0.29) is 35.4 Å². The van der Waals surface area contributed by atoms with Crippen molar-refractivity contribution < 1.29 is 4.84 Å². The summed E-state index contributed by atoms with van der Waals surface area (Å²) in [4.78, 5) is 17.8. The summed E-state index contributed by atoms with van der Waals surface area (Å²) in [5.74, 6) is 0.239. The van der Waals surface area contributed by atoms with Gasteiger partial charge in [0, 0.05) is 16.2 Å². The van der Waals surface area contributed by atoms with Gasteiger partial charge in [0.15, 0.2) is 5.34 Å². The van der Waals surface area contributed by atoms with Gasteiger partial charge < -0.3 is 4.84 Å². The predicted octanol–water partition coefficient (Wildman–Crippen LogP) is 1.56. The van der Waals surface area contributed by atoms with Crippen molar-refractivity contribution >= 4 is 45.5 Å². The van der Waals surface area contributed by atoms with E-state index in [2.05, 4.69) is 31.1 Å². The van der Waals surface area contributed by atoms with Gasteiger partial charge in [-0.3, -0.25) is 0 Å². The molecule has 0 aliphatic rings. The van der Waals surface area contributed by atoms with Crippen molar-refractivity contribution in [2.45, 2.75) is 6.92 Å². The molecule has 0 atom stereocenters. The molecule has 1 aromatic rings. The molecular formula is C6H6BrN2NaO2. The molecule has 1 rings (SSSR count). The van der Waals surface area contributed by atoms with Crippen LogP contribution in [-0.4, -0.2) is 34.5 Å². The Labute approximate surface area is 100 Å². The third-order valence-electron chi connectivity index (χ3n) is 1.12. The Bertz CT molecular complexity index is 282. The topological polar surface area (TPSA) is 51.6 Å². The first-order chi connectivity index (χ1) is 5.24. The molecule has 0 aliphatic heterocycles. The molecule has 0 aromatic carbocycles. The van der Waals surface area contributed by atoms with Gasteiger partial charge in [-0.15, -0.1) is 4.91 Å². The summed E-state index contributed by atoms with van der Waals surface area (Å²) in [7, 11) is 0. The molecule has 0 aliphatic carbocycles. The van der Waals surface area contributed by atoms with Crippen molar-refractivity contribution in [3.63, 3.8) is 0 Å². The number of pyridine rings is 1. The van der Waals surface area contributed by atoms with Gasteiger partial charge in [0.2, 0.25) is 0 Å². The van der Waals surface area contributed by atoms with Crippen molar-refractivity contribution in [1.82, 2.24) is 4.98 Å². The van der Waals surface area contributed by atoms with Crippen LogP contribution in [0.25, 0.3) is 0 Å². The molecule has 0 amide bonds. The first-order valence-corrected chi connectivity index (χ1v) is 3.65. The van der Waals surface area contributed by atoms with Crippen molar-refractivity contribution in [2.75, 3.05) is 0 Å². The van der Waals surface area contributed by atoms with Gasteiger partial charge in [-0.1, -0.05) is 0 Å². The van der Waals surface area contributed by atoms with Crippen LogP contribution in [0.5, 0.6) is 5.88 Å². The number of hydrogen-bond acceptors (Lipinski definition) is 4. The molecule has 0 fully saturated rings. The van der Waals surface area contributed by atoms with Crippen LogP contribution in [0.4, 0.5) is 0 Å². The zero-order valence-electron chi connectivity index (χ0n) is 5.74. The molecule has 0 unspecified atom stereocenters. The third-order valence-corrected chi connectivity index (χ3v) is 1.55. The molecule has 12 heavy (non-hydrogen) atoms. The molecule has 4 nitrogen and oxygen atoms in total. The number of rotatable bonds is 2. The van der Waals surface area contributed by atoms with Gasteiger partial charge in [0.1, 0.15) is 0 Å². The van der Waals surface area contributed by atoms with Crippen molar-refractivity contribution in [1.29, 1.82) is 0 Å². The van der Waals surface area contributed by atoms with E-state index in [1.54, 1.807) is 13.0 Å². The molecule has 0 bridgehead atoms. The maximum absolute atomic E-state index is 9.69. The van der Waals surface area contributed by atoms with Crippen molar-refractivity contribution in [3.05, 3.63) is 27.2 Å². The van der Waals surface area contributed by atoms with E-state index in [9.17, 15) is 4.91 Å². The van der Waals surface area contributed by atoms with Crippen LogP contribution in [0.1, 0.15) is 5.56 Å². The van der Waals surface area contributed by atoms with Crippen molar-refractivity contribution in [2.24, 2.45) is 5.34 Å². The van der Waals surface area contributed by atoms with Crippen LogP contribution in [-0.2, 0) is 0 Å². The molecule has 0 saturated carbocycles. The minimum absolute atomic E-state index is 0. The van der Waals surface area contributed by atoms with Gasteiger partial charge >= 0.3 is 29.6 Å². The summed E-state index contributed by atoms with van der Waals surface area (Å²) in [6.45, 7) is 1.78. The monoisotopic (exact) mass is 240 g/mol. The summed E-state index contributed by atoms with van der Waals surface area (Å²) < 4.78 is 0.841. The predicted molar refractivity (Wildman–Crippen MR) is 50.2 cm³/mol. The molecule has 0 N–H and O–H groups in total. The number of aromatic nitrogens is 1. The summed E-state index contributed by atoms with van der Waals surface area (Å²) >= 11 is 3.22. The molecule has 0 spiro atoms. The van der Waals surface area contributed by atoms with E-state index in [1.165, 1.54) is 6.20 Å². The Balaban J connectivity index is 0.00000121. The Hall–Kier alpha value is 0.0300. The maximum atomic E-state index is 9.69. The van der Waals surface area contributed by atoms with Crippen LogP contribution >= 0.6 is 15.9 Å². The Morgan fingerprint density at radius 3 is 2.83 bits per heavy atom. The fourth-order valence-electron chi connectivity index (χ4n) is 0.659. The van der Waals surface area contributed by atoms with Gasteiger partial charge in [-0.2, -0.15) is 0 Å². The van der Waals surface area contributed by atoms with Crippen LogP contribution < -0.4 is 4.84 Å². The van der Waals surface area contributed by atoms with Crippen LogP contribution in [0, 0.1) is 11.8 Å². The zero-order valence-corrected chi connectivity index (χ0v) is 7.33. The number of aryl methyl sites for hydroxylation is 1. The van der Waals surface area contributed by atoms with Crippen LogP contribution in [0.2, 0.25) is 0 Å². The number of halogens is 1. The van der Waals surface area contributed by atoms with Crippen LogP contribution in [0.3, 0.4) is 0 Å². The quantitative estimate of drug-likeness (QED) is 0.448. The normalized spacial score (nSPS) is 8.50. The molecule has 6 heteroatoms. The fraction of sp³-hybridized carbons (Fsp3) is 0.167. The zero-order chi connectivity index (χ0) is 8.27. The summed E-state index contributed by atoms with van der Waals surface area (Å²) in [5, 5.41) is 2.27. The average Bonchev–Trinajstić information content (AvgIpc) is 1.95. The molecule has 0 radical (unpaired) electrons. The van der Waals surface area contributed by atoms with E-state index >= 15 is 0 Å². The van der Waals surface area contributed by atoms with E-state index in [0.717, 1.165) is 10.0 Å². The van der Waals surface area contributed by atoms with Gasteiger partial charge in [-0.05, 0) is 28.9 Å². The molecule has 0 saturated heterocycles. The minimum atomic E-state index is 0. The summed E-state index contributed by atoms with van der Waals surface area (Å²) in [6, 6.07) is 1.79. The standard InChI is InChI=1S/C6H5BrN2O2.Na.H/c1-4-2-5(7)3-8-6(4)11-9-10;;/h2-3H,1H3;;. The average molecular weight is 241 g/mol. The summed E-state index contributed by atoms with van der Waals surface area (Å²) in [6.07, 6.45) is 1.54. The van der Waals surface area contributed by atoms with E-state index < -0.39 is 0 Å². The van der Waals surface area contributed by atoms with Gasteiger partial charge in [-0.25, -0.2) is 4.98 Å². The fourth-order valence-corrected chi connectivity index (χ4v) is 1.10. The second-order valence-corrected chi connectivity index (χ2v) is 2.86. The molecule has 60 valence electrons. The SMILES string of the molecule is Cc1cc(Br)cnc1ON=O.[NaH]. The summed E-state index contributed by atoms with van der Waals surface area (Å²) in [5.41, 5.74) is 0.763. The molecule has 1 aromatic heterocycles. The first-order valence-electron chi connectivity index (χ1n) is 2.86. The Kier molecular flexibility index (Phi) is 5.65. The Morgan fingerprint density at radius 1 is 1.67 bits per heavy atom. The van der Waals surface area contributed by atoms with Crippen LogP contribution in [0.15, 0.2) is 22.1 Å². The number of nitrogens with zero attached hydrogens (tertiary/aromatic N) is 2. The third kappa shape index (κ3) is 3.18. The first kappa shape index (κ1) is 12.0. The van der Waals surface area contributed by atoms with E-state index in [4.69, 9.17) is 0 Å². The van der Waals surface area contributed by atoms with Gasteiger partial charge in [0.05, 0.1) is 0 Å². The Morgan fingerprint density at radius 2 is 2.33 bits per heavy atom. The van der Waals surface area contributed by atoms with E-state index in [0.29, 0.717) is 0 Å². The second kappa shape index (κ2) is 5.64.